The number of carbonyl (C=O) groups excluding carboxylic acids is 1. The van der Waals surface area contributed by atoms with Gasteiger partial charge in [-0.1, -0.05) is 6.58 Å². The topological polar surface area (TPSA) is 69.1 Å². The van der Waals surface area contributed by atoms with Gasteiger partial charge in [-0.3, -0.25) is 4.79 Å². The monoisotopic (exact) mass is 128 g/mol. The highest BCUT2D eigenvalue weighted by Gasteiger charge is 1.73. The minimum absolute atomic E-state index is 0.0162. The van der Waals surface area contributed by atoms with E-state index in [9.17, 15) is 4.79 Å². The molecule has 0 saturated heterocycles. The summed E-state index contributed by atoms with van der Waals surface area (Å²) in [4.78, 5) is 9.88. The molecule has 3 heteroatoms. The average molecular weight is 128 g/mol. The Kier molecular flexibility index (Phi) is 11.7. The van der Waals surface area contributed by atoms with Gasteiger partial charge in [0.2, 0.25) is 0 Å². The molecular weight excluding hydrogens is 116 g/mol. The molecule has 0 unspecified atom stereocenters. The number of nitrogens with two attached hydrogens (primary N) is 2. The van der Waals surface area contributed by atoms with Crippen molar-refractivity contribution in [3.63, 3.8) is 0 Å². The Labute approximate surface area is 55.0 Å². The van der Waals surface area contributed by atoms with Gasteiger partial charge in [0.25, 0.3) is 0 Å². The zero-order chi connectivity index (χ0) is 7.70. The lowest BCUT2D eigenvalue weighted by Crippen LogP contribution is -1.83. The summed E-state index contributed by atoms with van der Waals surface area (Å²) in [7, 11) is 0. The molecule has 0 fully saturated rings. The largest absolute Gasteiger partial charge is 0.405 e. The number of ketones is 1. The van der Waals surface area contributed by atoms with Crippen LogP contribution in [0.25, 0.3) is 0 Å². The standard InChI is InChI=1S/C4H7NO.C2H5N/c1-4(6)2-3-5;1-2-3/h2-3H,5H2,1H3;2H,1,3H2. The summed E-state index contributed by atoms with van der Waals surface area (Å²) in [5.74, 6) is -0.0162. The number of allylic oxidation sites excluding steroid dienone is 1. The average Bonchev–Trinajstić information content (AvgIpc) is 1.67. The molecule has 3 nitrogen and oxygen atoms in total. The maximum atomic E-state index is 9.88. The lowest BCUT2D eigenvalue weighted by atomic mass is 10.4. The van der Waals surface area contributed by atoms with Crippen LogP contribution in [0, 0.1) is 0 Å². The molecule has 0 aliphatic carbocycles. The molecule has 0 saturated carbocycles. The highest BCUT2D eigenvalue weighted by atomic mass is 16.1. The van der Waals surface area contributed by atoms with Crippen LogP contribution in [-0.2, 0) is 4.79 Å². The van der Waals surface area contributed by atoms with Crippen molar-refractivity contribution < 1.29 is 4.79 Å². The Morgan fingerprint density at radius 1 is 1.56 bits per heavy atom. The third-order valence-corrected chi connectivity index (χ3v) is 0.331. The molecule has 0 aromatic carbocycles. The predicted molar refractivity (Wildman–Crippen MR) is 38.4 cm³/mol. The van der Waals surface area contributed by atoms with Gasteiger partial charge in [-0.2, -0.15) is 0 Å². The van der Waals surface area contributed by atoms with Crippen molar-refractivity contribution in [2.75, 3.05) is 0 Å². The second kappa shape index (κ2) is 9.89. The van der Waals surface area contributed by atoms with Crippen LogP contribution in [-0.4, -0.2) is 5.78 Å². The minimum Gasteiger partial charge on any atom is -0.405 e. The molecule has 0 aromatic rings. The highest BCUT2D eigenvalue weighted by molar-refractivity contribution is 5.86. The van der Waals surface area contributed by atoms with E-state index in [-0.39, 0.29) is 5.78 Å². The van der Waals surface area contributed by atoms with E-state index >= 15 is 0 Å². The summed E-state index contributed by atoms with van der Waals surface area (Å²) in [5.41, 5.74) is 9.44. The van der Waals surface area contributed by atoms with Gasteiger partial charge in [0.1, 0.15) is 0 Å². The Hall–Kier alpha value is -1.25. The Morgan fingerprint density at radius 2 is 1.89 bits per heavy atom. The van der Waals surface area contributed by atoms with Gasteiger partial charge in [-0.05, 0) is 25.4 Å². The molecule has 0 rings (SSSR count). The second-order valence-corrected chi connectivity index (χ2v) is 1.21. The van der Waals surface area contributed by atoms with Gasteiger partial charge in [-0.25, -0.2) is 0 Å². The lowest BCUT2D eigenvalue weighted by Gasteiger charge is -1.68. The fraction of sp³-hybridized carbons (Fsp3) is 0.167. The molecule has 0 spiro atoms. The van der Waals surface area contributed by atoms with Crippen LogP contribution in [0.3, 0.4) is 0 Å². The number of carbonyl (C=O) groups is 1. The number of hydrogen-bond acceptors (Lipinski definition) is 3. The van der Waals surface area contributed by atoms with Crippen molar-refractivity contribution in [3.05, 3.63) is 25.1 Å². The second-order valence-electron chi connectivity index (χ2n) is 1.21. The normalized spacial score (nSPS) is 7.67. The number of rotatable bonds is 1. The maximum Gasteiger partial charge on any atom is 0.154 e. The molecule has 0 radical (unpaired) electrons. The van der Waals surface area contributed by atoms with Gasteiger partial charge in [-0.15, -0.1) is 0 Å². The van der Waals surface area contributed by atoms with Crippen LogP contribution >= 0.6 is 0 Å². The zero-order valence-corrected chi connectivity index (χ0v) is 5.50. The van der Waals surface area contributed by atoms with E-state index in [4.69, 9.17) is 5.73 Å². The Morgan fingerprint density at radius 3 is 1.89 bits per heavy atom. The molecule has 0 atom stereocenters. The molecule has 0 aliphatic heterocycles. The van der Waals surface area contributed by atoms with Crippen LogP contribution in [0.5, 0.6) is 0 Å². The van der Waals surface area contributed by atoms with Gasteiger partial charge in [0.15, 0.2) is 5.78 Å². The molecule has 0 bridgehead atoms. The minimum atomic E-state index is -0.0162. The highest BCUT2D eigenvalue weighted by Crippen LogP contribution is 1.64. The molecule has 0 heterocycles. The van der Waals surface area contributed by atoms with Crippen molar-refractivity contribution in [2.24, 2.45) is 11.5 Å². The van der Waals surface area contributed by atoms with Crippen molar-refractivity contribution in [3.8, 4) is 0 Å². The van der Waals surface area contributed by atoms with Crippen molar-refractivity contribution >= 4 is 5.78 Å². The molecular formula is C6H12N2O. The van der Waals surface area contributed by atoms with Crippen LogP contribution in [0.2, 0.25) is 0 Å². The van der Waals surface area contributed by atoms with Gasteiger partial charge in [0, 0.05) is 0 Å². The van der Waals surface area contributed by atoms with E-state index in [2.05, 4.69) is 12.3 Å². The summed E-state index contributed by atoms with van der Waals surface area (Å²) < 4.78 is 0. The van der Waals surface area contributed by atoms with E-state index < -0.39 is 0 Å². The van der Waals surface area contributed by atoms with Crippen LogP contribution in [0.4, 0.5) is 0 Å². The first kappa shape index (κ1) is 10.7. The fourth-order valence-electron chi connectivity index (χ4n) is 0.136. The third-order valence-electron chi connectivity index (χ3n) is 0.331. The van der Waals surface area contributed by atoms with Crippen molar-refractivity contribution in [1.82, 2.24) is 0 Å². The van der Waals surface area contributed by atoms with Crippen molar-refractivity contribution in [2.45, 2.75) is 6.92 Å². The smallest absolute Gasteiger partial charge is 0.154 e. The maximum absolute atomic E-state index is 9.88. The molecule has 0 aliphatic rings. The first-order valence-corrected chi connectivity index (χ1v) is 2.40. The summed E-state index contributed by atoms with van der Waals surface area (Å²) in [6.45, 7) is 4.59. The van der Waals surface area contributed by atoms with Gasteiger partial charge in [0.05, 0.1) is 0 Å². The first-order valence-electron chi connectivity index (χ1n) is 2.40. The molecule has 0 amide bonds. The fourth-order valence-corrected chi connectivity index (χ4v) is 0.136. The van der Waals surface area contributed by atoms with Crippen LogP contribution < -0.4 is 11.5 Å². The van der Waals surface area contributed by atoms with E-state index in [1.54, 1.807) is 0 Å². The van der Waals surface area contributed by atoms with E-state index in [0.29, 0.717) is 0 Å². The summed E-state index contributed by atoms with van der Waals surface area (Å²) in [6.07, 6.45) is 3.78. The van der Waals surface area contributed by atoms with Gasteiger partial charge < -0.3 is 11.5 Å². The predicted octanol–water partition coefficient (Wildman–Crippen LogP) is 0.136. The zero-order valence-electron chi connectivity index (χ0n) is 5.50. The summed E-state index contributed by atoms with van der Waals surface area (Å²) >= 11 is 0. The molecule has 4 N–H and O–H groups in total. The van der Waals surface area contributed by atoms with Crippen LogP contribution in [0.1, 0.15) is 6.92 Å². The summed E-state index contributed by atoms with van der Waals surface area (Å²) in [5, 5.41) is 0. The van der Waals surface area contributed by atoms with E-state index in [1.165, 1.54) is 25.4 Å². The number of hydrogen-bond donors (Lipinski definition) is 2. The van der Waals surface area contributed by atoms with E-state index in [0.717, 1.165) is 0 Å². The lowest BCUT2D eigenvalue weighted by molar-refractivity contribution is -0.112. The molecule has 9 heavy (non-hydrogen) atoms. The van der Waals surface area contributed by atoms with Gasteiger partial charge >= 0.3 is 0 Å². The molecule has 0 aromatic heterocycles. The van der Waals surface area contributed by atoms with Crippen LogP contribution in [0.15, 0.2) is 25.1 Å². The SMILES string of the molecule is C=CN.CC(=O)C=CN. The van der Waals surface area contributed by atoms with Crippen molar-refractivity contribution in [1.29, 1.82) is 0 Å². The summed E-state index contributed by atoms with van der Waals surface area (Å²) in [6, 6.07) is 0. The first-order chi connectivity index (χ1) is 4.18. The Balaban J connectivity index is 0. The quantitative estimate of drug-likeness (QED) is 0.493. The Bertz CT molecular complexity index is 108. The van der Waals surface area contributed by atoms with E-state index in [1.807, 2.05) is 0 Å². The molecule has 52 valence electrons. The third kappa shape index (κ3) is 49.7.